The maximum atomic E-state index is 4.84. The van der Waals surface area contributed by atoms with E-state index in [1.165, 1.54) is 16.8 Å². The van der Waals surface area contributed by atoms with Gasteiger partial charge in [0, 0.05) is 35.8 Å². The number of benzene rings is 1. The summed E-state index contributed by atoms with van der Waals surface area (Å²) in [4.78, 5) is 8.96. The van der Waals surface area contributed by atoms with Gasteiger partial charge in [0.2, 0.25) is 0 Å². The van der Waals surface area contributed by atoms with Crippen molar-refractivity contribution in [2.24, 2.45) is 0 Å². The normalized spacial score (nSPS) is 13.4. The van der Waals surface area contributed by atoms with Crippen molar-refractivity contribution < 1.29 is 0 Å². The number of imidazole rings is 1. The van der Waals surface area contributed by atoms with Crippen LogP contribution in [-0.4, -0.2) is 20.3 Å². The van der Waals surface area contributed by atoms with Crippen LogP contribution in [0.2, 0.25) is 0 Å². The fourth-order valence-corrected chi connectivity index (χ4v) is 3.53. The Hall–Kier alpha value is -2.07. The van der Waals surface area contributed by atoms with Gasteiger partial charge in [-0.1, -0.05) is 42.1 Å². The van der Waals surface area contributed by atoms with Gasteiger partial charge < -0.3 is 4.57 Å². The first-order chi connectivity index (χ1) is 9.93. The molecule has 98 valence electrons. The van der Waals surface area contributed by atoms with E-state index in [0.29, 0.717) is 0 Å². The molecule has 0 amide bonds. The molecule has 0 spiro atoms. The Morgan fingerprint density at radius 2 is 1.75 bits per heavy atom. The van der Waals surface area contributed by atoms with Gasteiger partial charge in [-0.25, -0.2) is 4.98 Å². The Morgan fingerprint density at radius 3 is 2.55 bits per heavy atom. The lowest BCUT2D eigenvalue weighted by molar-refractivity contribution is 0.726. The second-order valence-electron chi connectivity index (χ2n) is 4.69. The number of nitrogens with zero attached hydrogens (tertiary/aromatic N) is 3. The van der Waals surface area contributed by atoms with Crippen LogP contribution >= 0.6 is 11.8 Å². The van der Waals surface area contributed by atoms with E-state index in [2.05, 4.69) is 45.9 Å². The number of fused-ring (bicyclic) bond motifs is 1. The van der Waals surface area contributed by atoms with Gasteiger partial charge in [0.25, 0.3) is 0 Å². The maximum absolute atomic E-state index is 4.84. The van der Waals surface area contributed by atoms with E-state index in [0.717, 1.165) is 23.1 Å². The summed E-state index contributed by atoms with van der Waals surface area (Å²) in [5.74, 6) is 1.11. The molecule has 3 heterocycles. The predicted molar refractivity (Wildman–Crippen MR) is 81.6 cm³/mol. The first-order valence-electron chi connectivity index (χ1n) is 6.62. The summed E-state index contributed by atoms with van der Waals surface area (Å²) in [6.07, 6.45) is 3.68. The first-order valence-corrected chi connectivity index (χ1v) is 7.61. The summed E-state index contributed by atoms with van der Waals surface area (Å²) in [5, 5.41) is 1.12. The molecule has 0 radical (unpaired) electrons. The molecule has 0 N–H and O–H groups in total. The predicted octanol–water partition coefficient (Wildman–Crippen LogP) is 3.72. The monoisotopic (exact) mass is 279 g/mol. The molecule has 0 atom stereocenters. The Balaban J connectivity index is 1.97. The number of hydrogen-bond acceptors (Lipinski definition) is 3. The minimum Gasteiger partial charge on any atom is -0.318 e. The molecule has 4 heteroatoms. The highest BCUT2D eigenvalue weighted by Crippen LogP contribution is 2.38. The SMILES string of the molecule is c1ccc(-c2nc3n(c2-c2ccncc2)CCS3)cc1. The van der Waals surface area contributed by atoms with Crippen LogP contribution in [-0.2, 0) is 6.54 Å². The molecule has 20 heavy (non-hydrogen) atoms. The summed E-state index contributed by atoms with van der Waals surface area (Å²) in [6, 6.07) is 14.5. The number of hydrogen-bond donors (Lipinski definition) is 0. The molecule has 0 unspecified atom stereocenters. The zero-order chi connectivity index (χ0) is 13.4. The maximum Gasteiger partial charge on any atom is 0.169 e. The van der Waals surface area contributed by atoms with Gasteiger partial charge in [0.15, 0.2) is 5.16 Å². The highest BCUT2D eigenvalue weighted by atomic mass is 32.2. The van der Waals surface area contributed by atoms with Crippen molar-refractivity contribution in [2.75, 3.05) is 5.75 Å². The molecule has 1 aliphatic rings. The van der Waals surface area contributed by atoms with Crippen LogP contribution < -0.4 is 0 Å². The molecule has 0 fully saturated rings. The Bertz CT molecular complexity index is 735. The summed E-state index contributed by atoms with van der Waals surface area (Å²) in [6.45, 7) is 1.03. The lowest BCUT2D eigenvalue weighted by Crippen LogP contribution is -1.97. The molecular formula is C16H13N3S. The van der Waals surface area contributed by atoms with E-state index in [1.807, 2.05) is 30.2 Å². The minimum absolute atomic E-state index is 1.03. The third kappa shape index (κ3) is 1.84. The molecule has 3 nitrogen and oxygen atoms in total. The van der Waals surface area contributed by atoms with Crippen molar-refractivity contribution in [2.45, 2.75) is 11.7 Å². The van der Waals surface area contributed by atoms with E-state index < -0.39 is 0 Å². The number of thioether (sulfide) groups is 1. The van der Waals surface area contributed by atoms with Crippen LogP contribution in [0, 0.1) is 0 Å². The standard InChI is InChI=1S/C16H13N3S/c1-2-4-12(5-3-1)14-15(13-6-8-17-9-7-13)19-10-11-20-16(19)18-14/h1-9H,10-11H2. The molecule has 0 bridgehead atoms. The van der Waals surface area contributed by atoms with Gasteiger partial charge >= 0.3 is 0 Å². The van der Waals surface area contributed by atoms with E-state index in [1.54, 1.807) is 0 Å². The Labute approximate surface area is 121 Å². The molecule has 1 aromatic carbocycles. The van der Waals surface area contributed by atoms with Crippen molar-refractivity contribution in [3.05, 3.63) is 54.9 Å². The largest absolute Gasteiger partial charge is 0.318 e. The minimum atomic E-state index is 1.03. The van der Waals surface area contributed by atoms with Crippen molar-refractivity contribution in [1.29, 1.82) is 0 Å². The van der Waals surface area contributed by atoms with Crippen molar-refractivity contribution in [1.82, 2.24) is 14.5 Å². The third-order valence-electron chi connectivity index (χ3n) is 3.48. The fraction of sp³-hybridized carbons (Fsp3) is 0.125. The van der Waals surface area contributed by atoms with Gasteiger partial charge in [0.05, 0.1) is 11.4 Å². The van der Waals surface area contributed by atoms with Gasteiger partial charge in [-0.3, -0.25) is 4.98 Å². The van der Waals surface area contributed by atoms with Gasteiger partial charge in [-0.15, -0.1) is 0 Å². The quantitative estimate of drug-likeness (QED) is 0.716. The van der Waals surface area contributed by atoms with Crippen LogP contribution in [0.4, 0.5) is 0 Å². The molecule has 0 saturated heterocycles. The third-order valence-corrected chi connectivity index (χ3v) is 4.44. The fourth-order valence-electron chi connectivity index (χ4n) is 2.58. The number of rotatable bonds is 2. The van der Waals surface area contributed by atoms with Crippen LogP contribution in [0.3, 0.4) is 0 Å². The molecule has 4 rings (SSSR count). The molecule has 0 saturated carbocycles. The average molecular weight is 279 g/mol. The van der Waals surface area contributed by atoms with Gasteiger partial charge in [-0.05, 0) is 12.1 Å². The van der Waals surface area contributed by atoms with Crippen LogP contribution in [0.1, 0.15) is 0 Å². The summed E-state index contributed by atoms with van der Waals surface area (Å²) in [5.41, 5.74) is 4.62. The van der Waals surface area contributed by atoms with Crippen LogP contribution in [0.15, 0.2) is 60.0 Å². The average Bonchev–Trinajstić information content (AvgIpc) is 3.09. The topological polar surface area (TPSA) is 30.7 Å². The lowest BCUT2D eigenvalue weighted by atomic mass is 10.1. The zero-order valence-electron chi connectivity index (χ0n) is 10.9. The van der Waals surface area contributed by atoms with Crippen molar-refractivity contribution >= 4 is 11.8 Å². The Morgan fingerprint density at radius 1 is 0.950 bits per heavy atom. The summed E-state index contributed by atoms with van der Waals surface area (Å²) < 4.78 is 2.32. The highest BCUT2D eigenvalue weighted by Gasteiger charge is 2.23. The molecule has 1 aliphatic heterocycles. The molecule has 2 aromatic heterocycles. The second kappa shape index (κ2) is 4.80. The highest BCUT2D eigenvalue weighted by molar-refractivity contribution is 7.99. The van der Waals surface area contributed by atoms with Crippen molar-refractivity contribution in [3.63, 3.8) is 0 Å². The van der Waals surface area contributed by atoms with E-state index in [4.69, 9.17) is 4.98 Å². The van der Waals surface area contributed by atoms with E-state index in [-0.39, 0.29) is 0 Å². The number of aromatic nitrogens is 3. The smallest absolute Gasteiger partial charge is 0.169 e. The molecular weight excluding hydrogens is 266 g/mol. The van der Waals surface area contributed by atoms with Crippen LogP contribution in [0.25, 0.3) is 22.5 Å². The summed E-state index contributed by atoms with van der Waals surface area (Å²) in [7, 11) is 0. The zero-order valence-corrected chi connectivity index (χ0v) is 11.7. The first kappa shape index (κ1) is 11.7. The second-order valence-corrected chi connectivity index (χ2v) is 5.76. The molecule has 0 aliphatic carbocycles. The summed E-state index contributed by atoms with van der Waals surface area (Å²) >= 11 is 1.83. The Kier molecular flexibility index (Phi) is 2.81. The molecule has 3 aromatic rings. The lowest BCUT2D eigenvalue weighted by Gasteiger charge is -2.07. The van der Waals surface area contributed by atoms with Gasteiger partial charge in [0.1, 0.15) is 0 Å². The van der Waals surface area contributed by atoms with Gasteiger partial charge in [-0.2, -0.15) is 0 Å². The van der Waals surface area contributed by atoms with E-state index >= 15 is 0 Å². The van der Waals surface area contributed by atoms with Crippen LogP contribution in [0.5, 0.6) is 0 Å². The number of pyridine rings is 1. The van der Waals surface area contributed by atoms with Crippen molar-refractivity contribution in [3.8, 4) is 22.5 Å². The van der Waals surface area contributed by atoms with E-state index in [9.17, 15) is 0 Å².